The topological polar surface area (TPSA) is 27.0 Å². The molecular weight excluding hydrogens is 280 g/mol. The minimum absolute atomic E-state index is 0.00964. The van der Waals surface area contributed by atoms with E-state index >= 15 is 0 Å². The molecule has 5 rings (SSSR count). The Bertz CT molecular complexity index is 855. The van der Waals surface area contributed by atoms with E-state index in [1.807, 2.05) is 0 Å². The van der Waals surface area contributed by atoms with Gasteiger partial charge >= 0.3 is 0 Å². The summed E-state index contributed by atoms with van der Waals surface area (Å²) >= 11 is 0. The van der Waals surface area contributed by atoms with Crippen molar-refractivity contribution in [2.24, 2.45) is 5.92 Å². The molecule has 23 heavy (non-hydrogen) atoms. The Morgan fingerprint density at radius 3 is 2.26 bits per heavy atom. The molecule has 2 aromatic rings. The standard InChI is InChI=1S/C21H16N2/c22-14-15-13-21(23-12-6-5-11-20(15)23)18-9-3-1-7-16(18)17-8-2-4-10-19(17)21/h1-12,15,20H,13H2. The fourth-order valence-corrected chi connectivity index (χ4v) is 4.69. The number of nitriles is 1. The molecule has 1 saturated heterocycles. The van der Waals surface area contributed by atoms with Crippen LogP contribution >= 0.6 is 0 Å². The lowest BCUT2D eigenvalue weighted by molar-refractivity contribution is 0.227. The predicted molar refractivity (Wildman–Crippen MR) is 90.3 cm³/mol. The molecule has 1 fully saturated rings. The largest absolute Gasteiger partial charge is 0.356 e. The van der Waals surface area contributed by atoms with Crippen LogP contribution in [0.25, 0.3) is 11.1 Å². The smallest absolute Gasteiger partial charge is 0.0932 e. The molecule has 0 aromatic heterocycles. The van der Waals surface area contributed by atoms with E-state index in [1.165, 1.54) is 22.3 Å². The number of benzene rings is 2. The van der Waals surface area contributed by atoms with Gasteiger partial charge in [0.15, 0.2) is 0 Å². The molecule has 1 spiro atoms. The zero-order valence-electron chi connectivity index (χ0n) is 12.7. The van der Waals surface area contributed by atoms with Crippen LogP contribution in [-0.4, -0.2) is 10.9 Å². The van der Waals surface area contributed by atoms with Crippen molar-refractivity contribution < 1.29 is 0 Å². The summed E-state index contributed by atoms with van der Waals surface area (Å²) in [5.41, 5.74) is 5.08. The van der Waals surface area contributed by atoms with Crippen molar-refractivity contribution in [1.82, 2.24) is 4.90 Å². The van der Waals surface area contributed by atoms with Crippen LogP contribution in [0.1, 0.15) is 17.5 Å². The number of rotatable bonds is 0. The van der Waals surface area contributed by atoms with Gasteiger partial charge in [-0.05, 0) is 34.8 Å². The third-order valence-corrected chi connectivity index (χ3v) is 5.56. The molecule has 2 atom stereocenters. The first-order valence-corrected chi connectivity index (χ1v) is 8.09. The Morgan fingerprint density at radius 1 is 0.957 bits per heavy atom. The number of fused-ring (bicyclic) bond motifs is 7. The van der Waals surface area contributed by atoms with Gasteiger partial charge < -0.3 is 4.90 Å². The molecule has 2 aliphatic heterocycles. The molecule has 2 aromatic carbocycles. The fraction of sp³-hybridized carbons (Fsp3) is 0.190. The highest BCUT2D eigenvalue weighted by molar-refractivity contribution is 5.81. The summed E-state index contributed by atoms with van der Waals surface area (Å²) in [5, 5.41) is 9.71. The van der Waals surface area contributed by atoms with Crippen LogP contribution in [0.2, 0.25) is 0 Å². The maximum absolute atomic E-state index is 9.71. The van der Waals surface area contributed by atoms with Crippen LogP contribution in [0.4, 0.5) is 0 Å². The van der Waals surface area contributed by atoms with E-state index in [0.717, 1.165) is 6.42 Å². The number of hydrogen-bond donors (Lipinski definition) is 0. The molecule has 0 amide bonds. The lowest BCUT2D eigenvalue weighted by Gasteiger charge is -2.39. The maximum Gasteiger partial charge on any atom is 0.0932 e. The van der Waals surface area contributed by atoms with Crippen LogP contribution < -0.4 is 0 Å². The van der Waals surface area contributed by atoms with E-state index in [1.54, 1.807) is 0 Å². The summed E-state index contributed by atoms with van der Waals surface area (Å²) in [5.74, 6) is 0.00964. The zero-order chi connectivity index (χ0) is 15.4. The van der Waals surface area contributed by atoms with E-state index in [4.69, 9.17) is 0 Å². The van der Waals surface area contributed by atoms with Gasteiger partial charge in [0.2, 0.25) is 0 Å². The third kappa shape index (κ3) is 1.42. The van der Waals surface area contributed by atoms with E-state index in [-0.39, 0.29) is 17.5 Å². The molecule has 2 nitrogen and oxygen atoms in total. The lowest BCUT2D eigenvalue weighted by Crippen LogP contribution is -2.41. The van der Waals surface area contributed by atoms with Crippen molar-refractivity contribution in [3.05, 3.63) is 84.1 Å². The number of hydrogen-bond acceptors (Lipinski definition) is 2. The summed E-state index contributed by atoms with van der Waals surface area (Å²) in [4.78, 5) is 2.41. The van der Waals surface area contributed by atoms with Crippen molar-refractivity contribution in [1.29, 1.82) is 5.26 Å². The first kappa shape index (κ1) is 12.7. The quantitative estimate of drug-likeness (QED) is 0.728. The fourth-order valence-electron chi connectivity index (χ4n) is 4.69. The molecule has 0 N–H and O–H groups in total. The summed E-state index contributed by atoms with van der Waals surface area (Å²) in [6.07, 6.45) is 9.34. The van der Waals surface area contributed by atoms with E-state index in [9.17, 15) is 5.26 Å². The highest BCUT2D eigenvalue weighted by atomic mass is 15.3. The average molecular weight is 296 g/mol. The first-order chi connectivity index (χ1) is 11.4. The summed E-state index contributed by atoms with van der Waals surface area (Å²) in [7, 11) is 0. The van der Waals surface area contributed by atoms with Gasteiger partial charge in [0.05, 0.1) is 23.6 Å². The van der Waals surface area contributed by atoms with Crippen molar-refractivity contribution in [3.8, 4) is 17.2 Å². The predicted octanol–water partition coefficient (Wildman–Crippen LogP) is 4.21. The lowest BCUT2D eigenvalue weighted by atomic mass is 9.83. The summed E-state index contributed by atoms with van der Waals surface area (Å²) < 4.78 is 0. The molecule has 110 valence electrons. The average Bonchev–Trinajstić information content (AvgIpc) is 3.11. The van der Waals surface area contributed by atoms with Crippen molar-refractivity contribution in [3.63, 3.8) is 0 Å². The molecule has 1 aliphatic carbocycles. The highest BCUT2D eigenvalue weighted by Gasteiger charge is 2.56. The Balaban J connectivity index is 1.84. The van der Waals surface area contributed by atoms with Crippen LogP contribution in [-0.2, 0) is 5.54 Å². The Hall–Kier alpha value is -2.79. The second-order valence-corrected chi connectivity index (χ2v) is 6.52. The molecule has 0 bridgehead atoms. The third-order valence-electron chi connectivity index (χ3n) is 5.56. The second-order valence-electron chi connectivity index (χ2n) is 6.52. The minimum atomic E-state index is -0.209. The molecule has 0 radical (unpaired) electrons. The van der Waals surface area contributed by atoms with Gasteiger partial charge in [-0.2, -0.15) is 5.26 Å². The van der Waals surface area contributed by atoms with Crippen LogP contribution in [0.15, 0.2) is 73.0 Å². The number of allylic oxidation sites excluding steroid dienone is 2. The first-order valence-electron chi connectivity index (χ1n) is 8.09. The molecule has 2 unspecified atom stereocenters. The summed E-state index contributed by atoms with van der Waals surface area (Å²) in [6, 6.07) is 20.0. The Labute approximate surface area is 136 Å². The van der Waals surface area contributed by atoms with Crippen LogP contribution in [0.3, 0.4) is 0 Å². The van der Waals surface area contributed by atoms with Gasteiger partial charge in [-0.3, -0.25) is 0 Å². The van der Waals surface area contributed by atoms with E-state index in [2.05, 4.69) is 83.9 Å². The molecule has 0 saturated carbocycles. The Kier molecular flexibility index (Phi) is 2.41. The van der Waals surface area contributed by atoms with Crippen LogP contribution in [0, 0.1) is 17.2 Å². The molecular formula is C21H16N2. The van der Waals surface area contributed by atoms with Gasteiger partial charge in [-0.1, -0.05) is 60.7 Å². The van der Waals surface area contributed by atoms with Crippen LogP contribution in [0.5, 0.6) is 0 Å². The van der Waals surface area contributed by atoms with Gasteiger partial charge in [-0.25, -0.2) is 0 Å². The van der Waals surface area contributed by atoms with E-state index in [0.29, 0.717) is 0 Å². The molecule has 2 heteroatoms. The van der Waals surface area contributed by atoms with Gasteiger partial charge in [-0.15, -0.1) is 0 Å². The van der Waals surface area contributed by atoms with Crippen molar-refractivity contribution >= 4 is 0 Å². The van der Waals surface area contributed by atoms with Gasteiger partial charge in [0.1, 0.15) is 0 Å². The zero-order valence-corrected chi connectivity index (χ0v) is 12.7. The summed E-state index contributed by atoms with van der Waals surface area (Å²) in [6.45, 7) is 0. The molecule has 2 heterocycles. The monoisotopic (exact) mass is 296 g/mol. The SMILES string of the molecule is N#CC1CC2(c3ccccc3-c3ccccc32)N2C=CC=CC12. The normalized spacial score (nSPS) is 25.1. The van der Waals surface area contributed by atoms with Gasteiger partial charge in [0, 0.05) is 6.20 Å². The van der Waals surface area contributed by atoms with Gasteiger partial charge in [0.25, 0.3) is 0 Å². The maximum atomic E-state index is 9.71. The number of nitrogens with zero attached hydrogens (tertiary/aromatic N) is 2. The highest BCUT2D eigenvalue weighted by Crippen LogP contribution is 2.58. The minimum Gasteiger partial charge on any atom is -0.356 e. The van der Waals surface area contributed by atoms with Crippen molar-refractivity contribution in [2.45, 2.75) is 18.0 Å². The second kappa shape index (κ2) is 4.36. The van der Waals surface area contributed by atoms with Crippen molar-refractivity contribution in [2.75, 3.05) is 0 Å². The Morgan fingerprint density at radius 2 is 1.61 bits per heavy atom. The molecule has 3 aliphatic rings. The van der Waals surface area contributed by atoms with E-state index < -0.39 is 0 Å².